The van der Waals surface area contributed by atoms with Crippen LogP contribution >= 0.6 is 0 Å². The third-order valence-corrected chi connectivity index (χ3v) is 4.66. The normalized spacial score (nSPS) is 18.0. The van der Waals surface area contributed by atoms with Crippen molar-refractivity contribution >= 4 is 0 Å². The summed E-state index contributed by atoms with van der Waals surface area (Å²) in [4.78, 5) is 2.43. The Bertz CT molecular complexity index is 577. The van der Waals surface area contributed by atoms with E-state index in [1.807, 2.05) is 18.2 Å². The molecule has 1 aliphatic rings. The molecule has 0 aromatic heterocycles. The summed E-state index contributed by atoms with van der Waals surface area (Å²) in [6, 6.07) is 20.9. The Morgan fingerprint density at radius 3 is 2.04 bits per heavy atom. The lowest BCUT2D eigenvalue weighted by Crippen LogP contribution is -2.49. The highest BCUT2D eigenvalue weighted by molar-refractivity contribution is 5.15. The molecule has 1 heterocycles. The number of likely N-dealkylation sites (tertiary alicyclic amines) is 1. The lowest BCUT2D eigenvalue weighted by molar-refractivity contribution is -0.0218. The molecule has 3 heteroatoms. The minimum atomic E-state index is -0.567. The highest BCUT2D eigenvalue weighted by Crippen LogP contribution is 2.22. The van der Waals surface area contributed by atoms with E-state index in [9.17, 15) is 5.11 Å². The summed E-state index contributed by atoms with van der Waals surface area (Å²) in [5.74, 6) is 0. The first-order valence-electron chi connectivity index (χ1n) is 8.47. The molecule has 1 saturated heterocycles. The van der Waals surface area contributed by atoms with E-state index < -0.39 is 5.60 Å². The van der Waals surface area contributed by atoms with Crippen molar-refractivity contribution in [2.45, 2.75) is 31.5 Å². The van der Waals surface area contributed by atoms with Crippen LogP contribution in [0.3, 0.4) is 0 Å². The van der Waals surface area contributed by atoms with Gasteiger partial charge in [0, 0.05) is 32.7 Å². The number of benzene rings is 2. The second-order valence-corrected chi connectivity index (χ2v) is 6.58. The van der Waals surface area contributed by atoms with Gasteiger partial charge in [0.2, 0.25) is 0 Å². The van der Waals surface area contributed by atoms with Crippen molar-refractivity contribution < 1.29 is 5.11 Å². The second-order valence-electron chi connectivity index (χ2n) is 6.58. The van der Waals surface area contributed by atoms with Crippen molar-refractivity contribution in [1.82, 2.24) is 10.2 Å². The zero-order valence-corrected chi connectivity index (χ0v) is 13.6. The summed E-state index contributed by atoms with van der Waals surface area (Å²) < 4.78 is 0. The summed E-state index contributed by atoms with van der Waals surface area (Å²) in [6.45, 7) is 4.38. The predicted molar refractivity (Wildman–Crippen MR) is 94.1 cm³/mol. The highest BCUT2D eigenvalue weighted by atomic mass is 16.3. The number of nitrogens with one attached hydrogen (secondary N) is 1. The van der Waals surface area contributed by atoms with Crippen LogP contribution in [0.25, 0.3) is 0 Å². The van der Waals surface area contributed by atoms with E-state index in [2.05, 4.69) is 52.7 Å². The average molecular weight is 310 g/mol. The molecule has 1 aliphatic heterocycles. The van der Waals surface area contributed by atoms with E-state index in [1.54, 1.807) is 0 Å². The molecular formula is C20H26N2O. The number of hydrogen-bond donors (Lipinski definition) is 2. The van der Waals surface area contributed by atoms with E-state index >= 15 is 0 Å². The molecule has 0 atom stereocenters. The highest BCUT2D eigenvalue weighted by Gasteiger charge is 2.31. The van der Waals surface area contributed by atoms with Gasteiger partial charge in [-0.05, 0) is 24.0 Å². The maximum absolute atomic E-state index is 10.7. The molecular weight excluding hydrogens is 284 g/mol. The second kappa shape index (κ2) is 7.73. The van der Waals surface area contributed by atoms with Gasteiger partial charge < -0.3 is 10.4 Å². The molecule has 2 aromatic carbocycles. The molecule has 2 N–H and O–H groups in total. The van der Waals surface area contributed by atoms with Crippen LogP contribution in [0.1, 0.15) is 24.0 Å². The van der Waals surface area contributed by atoms with Gasteiger partial charge in [-0.2, -0.15) is 0 Å². The van der Waals surface area contributed by atoms with Crippen LogP contribution in [0.5, 0.6) is 0 Å². The van der Waals surface area contributed by atoms with Crippen LogP contribution in [-0.4, -0.2) is 35.2 Å². The molecule has 3 nitrogen and oxygen atoms in total. The molecule has 0 saturated carbocycles. The van der Waals surface area contributed by atoms with E-state index in [-0.39, 0.29) is 0 Å². The molecule has 122 valence electrons. The minimum Gasteiger partial charge on any atom is -0.388 e. The largest absolute Gasteiger partial charge is 0.388 e. The minimum absolute atomic E-state index is 0.567. The fraction of sp³-hybridized carbons (Fsp3) is 0.400. The lowest BCUT2D eigenvalue weighted by Gasteiger charge is -2.38. The van der Waals surface area contributed by atoms with Gasteiger partial charge in [0.1, 0.15) is 0 Å². The fourth-order valence-corrected chi connectivity index (χ4v) is 3.18. The maximum Gasteiger partial charge on any atom is 0.0796 e. The average Bonchev–Trinajstić information content (AvgIpc) is 2.59. The standard InChI is InChI=1S/C20H26N2O/c23-20(17-21-15-18-7-3-1-4-8-18)11-13-22(14-12-20)16-19-9-5-2-6-10-19/h1-10,21,23H,11-17H2. The van der Waals surface area contributed by atoms with Crippen molar-refractivity contribution in [1.29, 1.82) is 0 Å². The van der Waals surface area contributed by atoms with Crippen LogP contribution in [0, 0.1) is 0 Å². The Kier molecular flexibility index (Phi) is 5.44. The van der Waals surface area contributed by atoms with Gasteiger partial charge in [0.05, 0.1) is 5.60 Å². The summed E-state index contributed by atoms with van der Waals surface area (Å²) in [7, 11) is 0. The smallest absolute Gasteiger partial charge is 0.0796 e. The molecule has 1 fully saturated rings. The van der Waals surface area contributed by atoms with Crippen molar-refractivity contribution in [3.8, 4) is 0 Å². The Labute approximate surface area is 139 Å². The number of aliphatic hydroxyl groups is 1. The van der Waals surface area contributed by atoms with Crippen LogP contribution in [-0.2, 0) is 13.1 Å². The summed E-state index contributed by atoms with van der Waals surface area (Å²) in [5.41, 5.74) is 2.04. The Morgan fingerprint density at radius 1 is 0.870 bits per heavy atom. The first kappa shape index (κ1) is 16.2. The van der Waals surface area contributed by atoms with Crippen molar-refractivity contribution in [3.05, 3.63) is 71.8 Å². The van der Waals surface area contributed by atoms with Gasteiger partial charge in [0.25, 0.3) is 0 Å². The Hall–Kier alpha value is -1.68. The Morgan fingerprint density at radius 2 is 1.43 bits per heavy atom. The monoisotopic (exact) mass is 310 g/mol. The molecule has 0 unspecified atom stereocenters. The summed E-state index contributed by atoms with van der Waals surface area (Å²) in [5, 5.41) is 14.2. The van der Waals surface area contributed by atoms with E-state index in [0.717, 1.165) is 39.0 Å². The zero-order chi connectivity index (χ0) is 16.0. The third-order valence-electron chi connectivity index (χ3n) is 4.66. The van der Waals surface area contributed by atoms with Crippen LogP contribution in [0.2, 0.25) is 0 Å². The fourth-order valence-electron chi connectivity index (χ4n) is 3.18. The number of rotatable bonds is 6. The van der Waals surface area contributed by atoms with Crippen molar-refractivity contribution in [2.75, 3.05) is 19.6 Å². The van der Waals surface area contributed by atoms with Crippen molar-refractivity contribution in [3.63, 3.8) is 0 Å². The molecule has 0 bridgehead atoms. The SMILES string of the molecule is OC1(CNCc2ccccc2)CCN(Cc2ccccc2)CC1. The maximum atomic E-state index is 10.7. The zero-order valence-electron chi connectivity index (χ0n) is 13.6. The summed E-state index contributed by atoms with van der Waals surface area (Å²) >= 11 is 0. The van der Waals surface area contributed by atoms with Gasteiger partial charge in [0.15, 0.2) is 0 Å². The van der Waals surface area contributed by atoms with Crippen LogP contribution in [0.4, 0.5) is 0 Å². The number of hydrogen-bond acceptors (Lipinski definition) is 3. The molecule has 0 amide bonds. The topological polar surface area (TPSA) is 35.5 Å². The molecule has 0 aliphatic carbocycles. The van der Waals surface area contributed by atoms with E-state index in [1.165, 1.54) is 11.1 Å². The van der Waals surface area contributed by atoms with Gasteiger partial charge in [-0.3, -0.25) is 4.90 Å². The van der Waals surface area contributed by atoms with Gasteiger partial charge >= 0.3 is 0 Å². The van der Waals surface area contributed by atoms with Gasteiger partial charge in [-0.15, -0.1) is 0 Å². The quantitative estimate of drug-likeness (QED) is 0.861. The van der Waals surface area contributed by atoms with E-state index in [4.69, 9.17) is 0 Å². The van der Waals surface area contributed by atoms with Crippen molar-refractivity contribution in [2.24, 2.45) is 0 Å². The number of nitrogens with zero attached hydrogens (tertiary/aromatic N) is 1. The first-order chi connectivity index (χ1) is 11.2. The summed E-state index contributed by atoms with van der Waals surface area (Å²) in [6.07, 6.45) is 1.67. The Balaban J connectivity index is 1.42. The van der Waals surface area contributed by atoms with Crippen LogP contribution < -0.4 is 5.32 Å². The lowest BCUT2D eigenvalue weighted by atomic mass is 9.91. The molecule has 0 radical (unpaired) electrons. The number of piperidine rings is 1. The molecule has 2 aromatic rings. The van der Waals surface area contributed by atoms with Gasteiger partial charge in [-0.25, -0.2) is 0 Å². The molecule has 23 heavy (non-hydrogen) atoms. The van der Waals surface area contributed by atoms with Crippen LogP contribution in [0.15, 0.2) is 60.7 Å². The molecule has 3 rings (SSSR count). The van der Waals surface area contributed by atoms with Gasteiger partial charge in [-0.1, -0.05) is 60.7 Å². The molecule has 0 spiro atoms. The predicted octanol–water partition coefficient (Wildman–Crippen LogP) is 2.80. The van der Waals surface area contributed by atoms with E-state index in [0.29, 0.717) is 6.54 Å². The third kappa shape index (κ3) is 4.90. The first-order valence-corrected chi connectivity index (χ1v) is 8.47.